The molecule has 1 aromatic carbocycles. The number of rotatable bonds is 2. The minimum Gasteiger partial charge on any atom is -0.490 e. The first kappa shape index (κ1) is 11.2. The highest BCUT2D eigenvalue weighted by Crippen LogP contribution is 2.29. The summed E-state index contributed by atoms with van der Waals surface area (Å²) in [5.41, 5.74) is 0.625. The van der Waals surface area contributed by atoms with Gasteiger partial charge in [-0.05, 0) is 18.2 Å². The third kappa shape index (κ3) is 2.63. The quantitative estimate of drug-likeness (QED) is 0.738. The zero-order valence-electron chi connectivity index (χ0n) is 8.64. The van der Waals surface area contributed by atoms with Gasteiger partial charge in [-0.15, -0.1) is 0 Å². The summed E-state index contributed by atoms with van der Waals surface area (Å²) in [6.45, 7) is 0.0410. The molecule has 0 bridgehead atoms. The summed E-state index contributed by atoms with van der Waals surface area (Å²) in [6, 6.07) is 4.56. The Morgan fingerprint density at radius 3 is 2.94 bits per heavy atom. The van der Waals surface area contributed by atoms with Crippen molar-refractivity contribution < 1.29 is 21.7 Å². The monoisotopic (exact) mass is 246 g/mol. The van der Waals surface area contributed by atoms with Gasteiger partial charge in [0, 0.05) is 12.0 Å². The van der Waals surface area contributed by atoms with E-state index in [2.05, 4.69) is 0 Å². The second-order valence-corrected chi connectivity index (χ2v) is 5.24. The first-order valence-electron chi connectivity index (χ1n) is 4.73. The normalized spacial score (nSPS) is 19.8. The van der Waals surface area contributed by atoms with E-state index in [0.717, 1.165) is 6.26 Å². The Kier molecular flexibility index (Phi) is 2.75. The molecule has 1 aliphatic rings. The van der Waals surface area contributed by atoms with Gasteiger partial charge in [-0.1, -0.05) is 0 Å². The lowest BCUT2D eigenvalue weighted by atomic mass is 10.1. The van der Waals surface area contributed by atoms with E-state index >= 15 is 0 Å². The molecule has 0 amide bonds. The molecule has 0 N–H and O–H groups in total. The van der Waals surface area contributed by atoms with Crippen LogP contribution in [0.15, 0.2) is 18.2 Å². The molecule has 0 radical (unpaired) electrons. The van der Waals surface area contributed by atoms with Crippen molar-refractivity contribution in [2.75, 3.05) is 12.9 Å². The molecule has 1 heterocycles. The molecule has 16 heavy (non-hydrogen) atoms. The topological polar surface area (TPSA) is 52.6 Å². The van der Waals surface area contributed by atoms with Gasteiger partial charge in [0.25, 0.3) is 0 Å². The van der Waals surface area contributed by atoms with Crippen LogP contribution in [0.5, 0.6) is 11.5 Å². The first-order chi connectivity index (χ1) is 7.44. The van der Waals surface area contributed by atoms with Gasteiger partial charge in [0.1, 0.15) is 24.3 Å². The molecule has 1 atom stereocenters. The summed E-state index contributed by atoms with van der Waals surface area (Å²) < 4.78 is 44.7. The van der Waals surface area contributed by atoms with Crippen molar-refractivity contribution in [1.82, 2.24) is 0 Å². The SMILES string of the molecule is CS(=O)(=O)Oc1ccc2c(c1)C[C@@H](F)CO2. The van der Waals surface area contributed by atoms with E-state index < -0.39 is 16.3 Å². The van der Waals surface area contributed by atoms with Gasteiger partial charge in [-0.2, -0.15) is 8.42 Å². The third-order valence-corrected chi connectivity index (χ3v) is 2.64. The highest BCUT2D eigenvalue weighted by atomic mass is 32.2. The number of alkyl halides is 1. The average Bonchev–Trinajstić information content (AvgIpc) is 2.14. The van der Waals surface area contributed by atoms with Gasteiger partial charge >= 0.3 is 10.1 Å². The summed E-state index contributed by atoms with van der Waals surface area (Å²) in [4.78, 5) is 0. The van der Waals surface area contributed by atoms with Crippen molar-refractivity contribution in [3.8, 4) is 11.5 Å². The van der Waals surface area contributed by atoms with Crippen LogP contribution in [0.1, 0.15) is 5.56 Å². The van der Waals surface area contributed by atoms with Gasteiger partial charge in [0.05, 0.1) is 6.26 Å². The highest BCUT2D eigenvalue weighted by molar-refractivity contribution is 7.86. The lowest BCUT2D eigenvalue weighted by Crippen LogP contribution is -2.21. The van der Waals surface area contributed by atoms with Crippen molar-refractivity contribution in [2.45, 2.75) is 12.6 Å². The number of halogens is 1. The van der Waals surface area contributed by atoms with E-state index in [0.29, 0.717) is 11.3 Å². The number of hydrogen-bond donors (Lipinski definition) is 0. The Hall–Kier alpha value is -1.30. The van der Waals surface area contributed by atoms with Gasteiger partial charge in [0.2, 0.25) is 0 Å². The van der Waals surface area contributed by atoms with Crippen LogP contribution >= 0.6 is 0 Å². The second kappa shape index (κ2) is 3.93. The smallest absolute Gasteiger partial charge is 0.306 e. The molecule has 0 spiro atoms. The predicted octanol–water partition coefficient (Wildman–Crippen LogP) is 1.30. The lowest BCUT2D eigenvalue weighted by Gasteiger charge is -2.20. The van der Waals surface area contributed by atoms with Crippen LogP contribution in [0.3, 0.4) is 0 Å². The fraction of sp³-hybridized carbons (Fsp3) is 0.400. The minimum absolute atomic E-state index is 0.0410. The van der Waals surface area contributed by atoms with Crippen LogP contribution in [-0.2, 0) is 16.5 Å². The maximum absolute atomic E-state index is 13.0. The van der Waals surface area contributed by atoms with Gasteiger partial charge < -0.3 is 8.92 Å². The average molecular weight is 246 g/mol. The molecular weight excluding hydrogens is 235 g/mol. The van der Waals surface area contributed by atoms with Crippen LogP contribution in [-0.4, -0.2) is 27.5 Å². The Morgan fingerprint density at radius 1 is 1.50 bits per heavy atom. The zero-order chi connectivity index (χ0) is 11.8. The molecule has 0 aromatic heterocycles. The van der Waals surface area contributed by atoms with Gasteiger partial charge in [-0.3, -0.25) is 0 Å². The summed E-state index contributed by atoms with van der Waals surface area (Å²) in [5.74, 6) is 0.758. The number of ether oxygens (including phenoxy) is 1. The third-order valence-electron chi connectivity index (χ3n) is 2.14. The van der Waals surface area contributed by atoms with Crippen LogP contribution < -0.4 is 8.92 Å². The molecule has 2 rings (SSSR count). The molecule has 0 unspecified atom stereocenters. The molecule has 0 aliphatic carbocycles. The predicted molar refractivity (Wildman–Crippen MR) is 56.0 cm³/mol. The highest BCUT2D eigenvalue weighted by Gasteiger charge is 2.20. The van der Waals surface area contributed by atoms with E-state index in [4.69, 9.17) is 8.92 Å². The van der Waals surface area contributed by atoms with E-state index in [1.165, 1.54) is 12.1 Å². The summed E-state index contributed by atoms with van der Waals surface area (Å²) in [5, 5.41) is 0. The van der Waals surface area contributed by atoms with E-state index in [1.54, 1.807) is 6.07 Å². The van der Waals surface area contributed by atoms with Gasteiger partial charge in [0.15, 0.2) is 0 Å². The summed E-state index contributed by atoms with van der Waals surface area (Å²) in [6.07, 6.45) is 0.123. The lowest BCUT2D eigenvalue weighted by molar-refractivity contribution is 0.173. The molecule has 4 nitrogen and oxygen atoms in total. The van der Waals surface area contributed by atoms with Crippen LogP contribution in [0, 0.1) is 0 Å². The maximum Gasteiger partial charge on any atom is 0.306 e. The van der Waals surface area contributed by atoms with Crippen molar-refractivity contribution in [2.24, 2.45) is 0 Å². The fourth-order valence-electron chi connectivity index (χ4n) is 1.56. The second-order valence-electron chi connectivity index (χ2n) is 3.67. The molecule has 6 heteroatoms. The van der Waals surface area contributed by atoms with E-state index in [9.17, 15) is 12.8 Å². The van der Waals surface area contributed by atoms with Crippen LogP contribution in [0.2, 0.25) is 0 Å². The number of benzene rings is 1. The number of fused-ring (bicyclic) bond motifs is 1. The van der Waals surface area contributed by atoms with Crippen molar-refractivity contribution in [3.63, 3.8) is 0 Å². The fourth-order valence-corrected chi connectivity index (χ4v) is 2.01. The summed E-state index contributed by atoms with van der Waals surface area (Å²) in [7, 11) is -3.55. The molecule has 1 aliphatic heterocycles. The molecule has 0 saturated carbocycles. The van der Waals surface area contributed by atoms with Crippen LogP contribution in [0.25, 0.3) is 0 Å². The molecule has 88 valence electrons. The Morgan fingerprint density at radius 2 is 2.25 bits per heavy atom. The Balaban J connectivity index is 2.28. The Labute approximate surface area is 93.1 Å². The Bertz CT molecular complexity index is 498. The minimum atomic E-state index is -3.55. The van der Waals surface area contributed by atoms with Gasteiger partial charge in [-0.25, -0.2) is 4.39 Å². The van der Waals surface area contributed by atoms with E-state index in [-0.39, 0.29) is 18.8 Å². The largest absolute Gasteiger partial charge is 0.490 e. The van der Waals surface area contributed by atoms with Crippen molar-refractivity contribution >= 4 is 10.1 Å². The first-order valence-corrected chi connectivity index (χ1v) is 6.55. The standard InChI is InChI=1S/C10H11FO4S/c1-16(12,13)15-9-2-3-10-7(5-9)4-8(11)6-14-10/h2-3,5,8H,4,6H2,1H3/t8-/m1/s1. The molecule has 1 aromatic rings. The van der Waals surface area contributed by atoms with Crippen molar-refractivity contribution in [1.29, 1.82) is 0 Å². The zero-order valence-corrected chi connectivity index (χ0v) is 9.46. The molecular formula is C10H11FO4S. The number of hydrogen-bond acceptors (Lipinski definition) is 4. The summed E-state index contributed by atoms with van der Waals surface area (Å²) >= 11 is 0. The molecule has 0 fully saturated rings. The maximum atomic E-state index is 13.0. The molecule has 0 saturated heterocycles. The van der Waals surface area contributed by atoms with Crippen molar-refractivity contribution in [3.05, 3.63) is 23.8 Å². The van der Waals surface area contributed by atoms with E-state index in [1.807, 2.05) is 0 Å². The van der Waals surface area contributed by atoms with Crippen LogP contribution in [0.4, 0.5) is 4.39 Å².